The Labute approximate surface area is 94.6 Å². The number of hydrogen-bond acceptors (Lipinski definition) is 3. The molecule has 0 aromatic rings. The number of rotatable bonds is 2. The Morgan fingerprint density at radius 2 is 1.81 bits per heavy atom. The summed E-state index contributed by atoms with van der Waals surface area (Å²) >= 11 is 0. The summed E-state index contributed by atoms with van der Waals surface area (Å²) in [4.78, 5) is 24.5. The van der Waals surface area contributed by atoms with Crippen molar-refractivity contribution >= 4 is 11.9 Å². The number of carboxylic acids is 1. The van der Waals surface area contributed by atoms with E-state index >= 15 is 0 Å². The summed E-state index contributed by atoms with van der Waals surface area (Å²) in [5.41, 5.74) is 5.32. The largest absolute Gasteiger partial charge is 0.481 e. The zero-order chi connectivity index (χ0) is 11.8. The van der Waals surface area contributed by atoms with E-state index in [2.05, 4.69) is 0 Å². The summed E-state index contributed by atoms with van der Waals surface area (Å²) in [6.07, 6.45) is 3.66. The molecule has 0 unspecified atom stereocenters. The number of hydrogen-bond donors (Lipinski definition) is 2. The molecule has 5 nitrogen and oxygen atoms in total. The van der Waals surface area contributed by atoms with Crippen LogP contribution >= 0.6 is 0 Å². The normalized spacial score (nSPS) is 24.9. The van der Waals surface area contributed by atoms with E-state index < -0.39 is 11.5 Å². The molecule has 1 heterocycles. The monoisotopic (exact) mass is 226 g/mol. The number of carboxylic acid groups (broad SMARTS) is 1. The highest BCUT2D eigenvalue weighted by molar-refractivity contribution is 5.87. The fourth-order valence-corrected chi connectivity index (χ4v) is 2.42. The molecular formula is C11H18N2O3. The van der Waals surface area contributed by atoms with Crippen LogP contribution in [0.25, 0.3) is 0 Å². The summed E-state index contributed by atoms with van der Waals surface area (Å²) in [7, 11) is 0. The Hall–Kier alpha value is -1.10. The maximum atomic E-state index is 12.0. The van der Waals surface area contributed by atoms with Crippen molar-refractivity contribution < 1.29 is 14.7 Å². The van der Waals surface area contributed by atoms with Gasteiger partial charge in [0.25, 0.3) is 0 Å². The van der Waals surface area contributed by atoms with Crippen LogP contribution < -0.4 is 5.73 Å². The third-order valence-corrected chi connectivity index (χ3v) is 3.80. The molecule has 0 radical (unpaired) electrons. The first kappa shape index (κ1) is 11.4. The molecule has 2 aliphatic rings. The lowest BCUT2D eigenvalue weighted by Gasteiger charge is -2.42. The number of aliphatic carboxylic acids is 1. The zero-order valence-electron chi connectivity index (χ0n) is 9.32. The van der Waals surface area contributed by atoms with E-state index in [1.165, 1.54) is 0 Å². The molecule has 0 spiro atoms. The van der Waals surface area contributed by atoms with Gasteiger partial charge < -0.3 is 15.7 Å². The molecule has 0 atom stereocenters. The quantitative estimate of drug-likeness (QED) is 0.704. The SMILES string of the molecule is NC1(C(=O)N2CCC(C(=O)O)CC2)CCC1. The highest BCUT2D eigenvalue weighted by Crippen LogP contribution is 2.32. The lowest BCUT2D eigenvalue weighted by atomic mass is 9.76. The number of carbonyl (C=O) groups excluding carboxylic acids is 1. The minimum atomic E-state index is -0.752. The van der Waals surface area contributed by atoms with Crippen molar-refractivity contribution in [1.82, 2.24) is 4.90 Å². The van der Waals surface area contributed by atoms with Gasteiger partial charge in [0.05, 0.1) is 11.5 Å². The molecule has 2 rings (SSSR count). The van der Waals surface area contributed by atoms with Crippen molar-refractivity contribution in [3.63, 3.8) is 0 Å². The van der Waals surface area contributed by atoms with Crippen molar-refractivity contribution in [2.24, 2.45) is 11.7 Å². The second-order valence-electron chi connectivity index (χ2n) is 4.91. The molecular weight excluding hydrogens is 208 g/mol. The van der Waals surface area contributed by atoms with Crippen LogP contribution in [0.1, 0.15) is 32.1 Å². The van der Waals surface area contributed by atoms with Crippen molar-refractivity contribution in [2.75, 3.05) is 13.1 Å². The third kappa shape index (κ3) is 1.91. The molecule has 3 N–H and O–H groups in total. The maximum absolute atomic E-state index is 12.0. The van der Waals surface area contributed by atoms with Crippen LogP contribution in [-0.4, -0.2) is 40.5 Å². The molecule has 90 valence electrons. The topological polar surface area (TPSA) is 83.6 Å². The molecule has 0 aromatic heterocycles. The third-order valence-electron chi connectivity index (χ3n) is 3.80. The van der Waals surface area contributed by atoms with Gasteiger partial charge in [-0.3, -0.25) is 9.59 Å². The van der Waals surface area contributed by atoms with Gasteiger partial charge in [0.1, 0.15) is 0 Å². The Morgan fingerprint density at radius 1 is 1.25 bits per heavy atom. The number of nitrogens with zero attached hydrogens (tertiary/aromatic N) is 1. The number of carbonyl (C=O) groups is 2. The molecule has 1 aliphatic heterocycles. The average Bonchev–Trinajstić information content (AvgIpc) is 2.25. The number of nitrogens with two attached hydrogens (primary N) is 1. The molecule has 0 bridgehead atoms. The Kier molecular flexibility index (Phi) is 2.88. The molecule has 1 saturated carbocycles. The van der Waals surface area contributed by atoms with Crippen LogP contribution in [0.4, 0.5) is 0 Å². The van der Waals surface area contributed by atoms with Gasteiger partial charge in [-0.15, -0.1) is 0 Å². The van der Waals surface area contributed by atoms with E-state index in [4.69, 9.17) is 10.8 Å². The highest BCUT2D eigenvalue weighted by Gasteiger charge is 2.43. The summed E-state index contributed by atoms with van der Waals surface area (Å²) < 4.78 is 0. The first-order valence-electron chi connectivity index (χ1n) is 5.84. The standard InChI is InChI=1S/C11H18N2O3/c12-11(4-1-5-11)10(16)13-6-2-8(3-7-13)9(14)15/h8H,1-7,12H2,(H,14,15). The van der Waals surface area contributed by atoms with Crippen LogP contribution in [0.3, 0.4) is 0 Å². The molecule has 2 fully saturated rings. The number of likely N-dealkylation sites (tertiary alicyclic amines) is 1. The average molecular weight is 226 g/mol. The van der Waals surface area contributed by atoms with Crippen molar-refractivity contribution in [2.45, 2.75) is 37.6 Å². The molecule has 0 aromatic carbocycles. The maximum Gasteiger partial charge on any atom is 0.306 e. The van der Waals surface area contributed by atoms with Gasteiger partial charge in [0.15, 0.2) is 0 Å². The van der Waals surface area contributed by atoms with Crippen LogP contribution in [0, 0.1) is 5.92 Å². The first-order valence-corrected chi connectivity index (χ1v) is 5.84. The lowest BCUT2D eigenvalue weighted by Crippen LogP contribution is -2.60. The van der Waals surface area contributed by atoms with Gasteiger partial charge in [-0.1, -0.05) is 0 Å². The summed E-state index contributed by atoms with van der Waals surface area (Å²) in [6, 6.07) is 0. The van der Waals surface area contributed by atoms with E-state index in [9.17, 15) is 9.59 Å². The van der Waals surface area contributed by atoms with Gasteiger partial charge in [-0.25, -0.2) is 0 Å². The fourth-order valence-electron chi connectivity index (χ4n) is 2.42. The van der Waals surface area contributed by atoms with Crippen LogP contribution in [0.5, 0.6) is 0 Å². The Balaban J connectivity index is 1.89. The lowest BCUT2D eigenvalue weighted by molar-refractivity contribution is -0.148. The Morgan fingerprint density at radius 3 is 2.19 bits per heavy atom. The molecule has 5 heteroatoms. The predicted molar refractivity (Wildman–Crippen MR) is 57.7 cm³/mol. The predicted octanol–water partition coefficient (Wildman–Crippen LogP) is 0.191. The fraction of sp³-hybridized carbons (Fsp3) is 0.818. The zero-order valence-corrected chi connectivity index (χ0v) is 9.32. The van der Waals surface area contributed by atoms with Gasteiger partial charge >= 0.3 is 5.97 Å². The smallest absolute Gasteiger partial charge is 0.306 e. The molecule has 16 heavy (non-hydrogen) atoms. The van der Waals surface area contributed by atoms with E-state index in [1.807, 2.05) is 0 Å². The van der Waals surface area contributed by atoms with Crippen LogP contribution in [0.15, 0.2) is 0 Å². The van der Waals surface area contributed by atoms with Crippen molar-refractivity contribution in [3.05, 3.63) is 0 Å². The van der Waals surface area contributed by atoms with Gasteiger partial charge in [0, 0.05) is 13.1 Å². The van der Waals surface area contributed by atoms with Crippen molar-refractivity contribution in [3.8, 4) is 0 Å². The minimum Gasteiger partial charge on any atom is -0.481 e. The van der Waals surface area contributed by atoms with E-state index in [0.717, 1.165) is 19.3 Å². The highest BCUT2D eigenvalue weighted by atomic mass is 16.4. The van der Waals surface area contributed by atoms with E-state index in [-0.39, 0.29) is 11.8 Å². The Bertz CT molecular complexity index is 304. The number of piperidine rings is 1. The van der Waals surface area contributed by atoms with E-state index in [0.29, 0.717) is 25.9 Å². The summed E-state index contributed by atoms with van der Waals surface area (Å²) in [6.45, 7) is 1.07. The second kappa shape index (κ2) is 4.05. The molecule has 1 aliphatic carbocycles. The van der Waals surface area contributed by atoms with Crippen molar-refractivity contribution in [1.29, 1.82) is 0 Å². The molecule has 1 saturated heterocycles. The summed E-state index contributed by atoms with van der Waals surface area (Å²) in [5.74, 6) is -1.03. The first-order chi connectivity index (χ1) is 7.53. The van der Waals surface area contributed by atoms with Gasteiger partial charge in [0.2, 0.25) is 5.91 Å². The number of amides is 1. The van der Waals surface area contributed by atoms with Crippen LogP contribution in [0.2, 0.25) is 0 Å². The summed E-state index contributed by atoms with van der Waals surface area (Å²) in [5, 5.41) is 8.85. The van der Waals surface area contributed by atoms with Crippen LogP contribution in [-0.2, 0) is 9.59 Å². The van der Waals surface area contributed by atoms with Gasteiger partial charge in [-0.05, 0) is 32.1 Å². The van der Waals surface area contributed by atoms with Gasteiger partial charge in [-0.2, -0.15) is 0 Å². The minimum absolute atomic E-state index is 0.0163. The second-order valence-corrected chi connectivity index (χ2v) is 4.91. The van der Waals surface area contributed by atoms with E-state index in [1.54, 1.807) is 4.90 Å². The molecule has 1 amide bonds.